The molecule has 21 heavy (non-hydrogen) atoms. The molecule has 0 atom stereocenters. The molecule has 6 nitrogen and oxygen atoms in total. The van der Waals surface area contributed by atoms with E-state index in [1.165, 1.54) is 11.4 Å². The van der Waals surface area contributed by atoms with Crippen LogP contribution >= 0.6 is 0 Å². The summed E-state index contributed by atoms with van der Waals surface area (Å²) in [5.74, 6) is -0.292. The summed E-state index contributed by atoms with van der Waals surface area (Å²) in [4.78, 5) is 11.8. The zero-order valence-electron chi connectivity index (χ0n) is 11.9. The molecule has 0 spiro atoms. The molecule has 3 rings (SSSR count). The molecule has 7 heteroatoms. The molecule has 0 saturated carbocycles. The summed E-state index contributed by atoms with van der Waals surface area (Å²) in [7, 11) is -1.97. The molecule has 0 bridgehead atoms. The van der Waals surface area contributed by atoms with Gasteiger partial charge in [0.2, 0.25) is 10.0 Å². The van der Waals surface area contributed by atoms with Crippen LogP contribution in [0.4, 0.5) is 11.4 Å². The van der Waals surface area contributed by atoms with Crippen LogP contribution in [-0.4, -0.2) is 40.3 Å². The quantitative estimate of drug-likeness (QED) is 0.835. The summed E-state index contributed by atoms with van der Waals surface area (Å²) in [6, 6.07) is 3.37. The van der Waals surface area contributed by atoms with Gasteiger partial charge in [0.15, 0.2) is 0 Å². The summed E-state index contributed by atoms with van der Waals surface area (Å²) in [6.07, 6.45) is 2.29. The Morgan fingerprint density at radius 3 is 2.86 bits per heavy atom. The number of anilines is 2. The number of fused-ring (bicyclic) bond motifs is 1. The van der Waals surface area contributed by atoms with Crippen LogP contribution in [-0.2, 0) is 21.2 Å². The number of benzene rings is 1. The second-order valence-corrected chi connectivity index (χ2v) is 7.30. The first-order chi connectivity index (χ1) is 10.0. The molecule has 2 heterocycles. The maximum absolute atomic E-state index is 12.3. The highest BCUT2D eigenvalue weighted by Crippen LogP contribution is 2.36. The van der Waals surface area contributed by atoms with Crippen LogP contribution in [0.5, 0.6) is 0 Å². The number of carbonyl (C=O) groups is 1. The van der Waals surface area contributed by atoms with Gasteiger partial charge < -0.3 is 10.1 Å². The van der Waals surface area contributed by atoms with Crippen LogP contribution < -0.4 is 9.62 Å². The van der Waals surface area contributed by atoms with Gasteiger partial charge in [-0.05, 0) is 31.4 Å². The Kier molecular flexibility index (Phi) is 3.52. The Balaban J connectivity index is 2.12. The number of esters is 1. The predicted molar refractivity (Wildman–Crippen MR) is 80.3 cm³/mol. The fourth-order valence-corrected chi connectivity index (χ4v) is 4.58. The molecular formula is C14H18N2O4S. The lowest BCUT2D eigenvalue weighted by molar-refractivity contribution is 0.0601. The van der Waals surface area contributed by atoms with Gasteiger partial charge in [-0.1, -0.05) is 0 Å². The normalized spacial score (nSPS) is 19.8. The molecule has 2 aliphatic heterocycles. The molecule has 1 saturated heterocycles. The lowest BCUT2D eigenvalue weighted by Crippen LogP contribution is -2.38. The van der Waals surface area contributed by atoms with Crippen molar-refractivity contribution in [3.63, 3.8) is 0 Å². The molecular weight excluding hydrogens is 292 g/mol. The van der Waals surface area contributed by atoms with Crippen molar-refractivity contribution in [2.45, 2.75) is 19.3 Å². The average Bonchev–Trinajstić information content (AvgIpc) is 2.93. The highest BCUT2D eigenvalue weighted by molar-refractivity contribution is 7.92. The van der Waals surface area contributed by atoms with Gasteiger partial charge in [-0.25, -0.2) is 13.2 Å². The van der Waals surface area contributed by atoms with Gasteiger partial charge in [0.1, 0.15) is 0 Å². The molecule has 1 fully saturated rings. The molecule has 1 aromatic rings. The first kappa shape index (κ1) is 14.2. The third-order valence-electron chi connectivity index (χ3n) is 3.96. The van der Waals surface area contributed by atoms with E-state index in [1.54, 1.807) is 12.1 Å². The molecule has 0 unspecified atom stereocenters. The Bertz CT molecular complexity index is 684. The van der Waals surface area contributed by atoms with Crippen molar-refractivity contribution in [3.05, 3.63) is 23.3 Å². The smallest absolute Gasteiger partial charge is 0.337 e. The molecule has 0 radical (unpaired) electrons. The van der Waals surface area contributed by atoms with Gasteiger partial charge in [-0.3, -0.25) is 4.31 Å². The van der Waals surface area contributed by atoms with Gasteiger partial charge in [0.05, 0.1) is 24.1 Å². The van der Waals surface area contributed by atoms with Crippen LogP contribution in [0.25, 0.3) is 0 Å². The largest absolute Gasteiger partial charge is 0.465 e. The van der Waals surface area contributed by atoms with Gasteiger partial charge >= 0.3 is 5.97 Å². The molecule has 0 aliphatic carbocycles. The van der Waals surface area contributed by atoms with Crippen LogP contribution in [0.1, 0.15) is 28.8 Å². The molecule has 0 aromatic heterocycles. The number of ether oxygens (including phenoxy) is 1. The second-order valence-electron chi connectivity index (χ2n) is 5.29. The van der Waals surface area contributed by atoms with E-state index in [0.717, 1.165) is 30.6 Å². The Morgan fingerprint density at radius 1 is 1.33 bits per heavy atom. The van der Waals surface area contributed by atoms with E-state index in [0.29, 0.717) is 24.2 Å². The van der Waals surface area contributed by atoms with Crippen molar-refractivity contribution in [1.29, 1.82) is 0 Å². The first-order valence-corrected chi connectivity index (χ1v) is 8.63. The Morgan fingerprint density at radius 2 is 2.14 bits per heavy atom. The SMILES string of the molecule is COC(=O)c1cc2c(c(N3CCCCS3(=O)=O)c1)CCN2. The van der Waals surface area contributed by atoms with Crippen molar-refractivity contribution >= 4 is 27.4 Å². The number of hydrogen-bond acceptors (Lipinski definition) is 5. The molecule has 2 aliphatic rings. The number of methoxy groups -OCH3 is 1. The van der Waals surface area contributed by atoms with Gasteiger partial charge in [-0.2, -0.15) is 0 Å². The molecule has 0 amide bonds. The summed E-state index contributed by atoms with van der Waals surface area (Å²) >= 11 is 0. The van der Waals surface area contributed by atoms with Crippen molar-refractivity contribution in [1.82, 2.24) is 0 Å². The fourth-order valence-electron chi connectivity index (χ4n) is 2.92. The fraction of sp³-hybridized carbons (Fsp3) is 0.500. The number of sulfonamides is 1. The van der Waals surface area contributed by atoms with E-state index < -0.39 is 16.0 Å². The van der Waals surface area contributed by atoms with Crippen LogP contribution in [0.2, 0.25) is 0 Å². The number of rotatable bonds is 2. The van der Waals surface area contributed by atoms with Crippen molar-refractivity contribution in [2.75, 3.05) is 35.6 Å². The summed E-state index contributed by atoms with van der Waals surface area (Å²) in [6.45, 7) is 1.22. The van der Waals surface area contributed by atoms with E-state index >= 15 is 0 Å². The van der Waals surface area contributed by atoms with E-state index in [-0.39, 0.29) is 5.75 Å². The van der Waals surface area contributed by atoms with Crippen molar-refractivity contribution in [2.24, 2.45) is 0 Å². The molecule has 114 valence electrons. The highest BCUT2D eigenvalue weighted by atomic mass is 32.2. The maximum Gasteiger partial charge on any atom is 0.337 e. The van der Waals surface area contributed by atoms with Crippen LogP contribution in [0.3, 0.4) is 0 Å². The van der Waals surface area contributed by atoms with Crippen LogP contribution in [0, 0.1) is 0 Å². The second kappa shape index (κ2) is 5.22. The zero-order chi connectivity index (χ0) is 15.0. The predicted octanol–water partition coefficient (Wildman–Crippen LogP) is 1.37. The van der Waals surface area contributed by atoms with E-state index in [2.05, 4.69) is 5.32 Å². The topological polar surface area (TPSA) is 75.7 Å². The highest BCUT2D eigenvalue weighted by Gasteiger charge is 2.30. The van der Waals surface area contributed by atoms with E-state index in [1.807, 2.05) is 0 Å². The minimum Gasteiger partial charge on any atom is -0.465 e. The number of nitrogens with zero attached hydrogens (tertiary/aromatic N) is 1. The summed E-state index contributed by atoms with van der Waals surface area (Å²) < 4.78 is 30.9. The monoisotopic (exact) mass is 310 g/mol. The molecule has 1 aromatic carbocycles. The van der Waals surface area contributed by atoms with Gasteiger partial charge in [-0.15, -0.1) is 0 Å². The summed E-state index contributed by atoms with van der Waals surface area (Å²) in [5.41, 5.74) is 2.79. The number of nitrogens with one attached hydrogen (secondary N) is 1. The number of carbonyl (C=O) groups excluding carboxylic acids is 1. The minimum absolute atomic E-state index is 0.164. The standard InChI is InChI=1S/C14H18N2O4S/c1-20-14(17)10-8-12-11(4-5-15-12)13(9-10)16-6-2-3-7-21(16,18)19/h8-9,15H,2-7H2,1H3. The average molecular weight is 310 g/mol. The van der Waals surface area contributed by atoms with E-state index in [4.69, 9.17) is 4.74 Å². The van der Waals surface area contributed by atoms with Crippen molar-refractivity contribution < 1.29 is 17.9 Å². The third-order valence-corrected chi connectivity index (χ3v) is 5.81. The number of hydrogen-bond donors (Lipinski definition) is 1. The third kappa shape index (κ3) is 2.46. The Hall–Kier alpha value is -1.76. The van der Waals surface area contributed by atoms with Crippen molar-refractivity contribution in [3.8, 4) is 0 Å². The first-order valence-electron chi connectivity index (χ1n) is 7.02. The lowest BCUT2D eigenvalue weighted by Gasteiger charge is -2.30. The molecule has 1 N–H and O–H groups in total. The lowest BCUT2D eigenvalue weighted by atomic mass is 10.1. The Labute approximate surface area is 124 Å². The summed E-state index contributed by atoms with van der Waals surface area (Å²) in [5, 5.41) is 3.20. The van der Waals surface area contributed by atoms with Gasteiger partial charge in [0.25, 0.3) is 0 Å². The van der Waals surface area contributed by atoms with Crippen LogP contribution in [0.15, 0.2) is 12.1 Å². The minimum atomic E-state index is -3.29. The van der Waals surface area contributed by atoms with Gasteiger partial charge in [0, 0.05) is 24.3 Å². The van der Waals surface area contributed by atoms with E-state index in [9.17, 15) is 13.2 Å². The maximum atomic E-state index is 12.3. The zero-order valence-corrected chi connectivity index (χ0v) is 12.7.